The minimum atomic E-state index is -0.134. The van der Waals surface area contributed by atoms with Crippen molar-refractivity contribution in [2.45, 2.75) is 58.8 Å². The zero-order valence-corrected chi connectivity index (χ0v) is 19.5. The Balaban J connectivity index is 1.97. The van der Waals surface area contributed by atoms with E-state index in [1.54, 1.807) is 14.2 Å². The van der Waals surface area contributed by atoms with Crippen molar-refractivity contribution in [1.29, 1.82) is 0 Å². The van der Waals surface area contributed by atoms with Crippen molar-refractivity contribution in [3.63, 3.8) is 0 Å². The normalized spacial score (nSPS) is 18.8. The van der Waals surface area contributed by atoms with Crippen LogP contribution in [0.3, 0.4) is 0 Å². The number of rotatable bonds is 7. The molecule has 0 fully saturated rings. The molecule has 0 saturated heterocycles. The lowest BCUT2D eigenvalue weighted by Crippen LogP contribution is -3.13. The molecule has 2 aromatic carbocycles. The largest absolute Gasteiger partial charge is 0.493 e. The molecule has 3 atom stereocenters. The molecule has 0 bridgehead atoms. The summed E-state index contributed by atoms with van der Waals surface area (Å²) in [7, 11) is 3.33. The number of nitrogens with one attached hydrogen (secondary N) is 3. The Morgan fingerprint density at radius 3 is 2.42 bits per heavy atom. The zero-order chi connectivity index (χ0) is 22.5. The number of carbonyl (C=O) groups excluding carboxylic acids is 1. The summed E-state index contributed by atoms with van der Waals surface area (Å²) < 4.78 is 11.1. The maximum atomic E-state index is 12.5. The number of ether oxygens (including phenoxy) is 2. The Hall–Kier alpha value is -2.73. The number of benzene rings is 2. The molecule has 1 aliphatic heterocycles. The van der Waals surface area contributed by atoms with Crippen LogP contribution in [-0.2, 0) is 13.0 Å². The quantitative estimate of drug-likeness (QED) is 0.638. The van der Waals surface area contributed by atoms with Gasteiger partial charge in [0, 0.05) is 23.6 Å². The summed E-state index contributed by atoms with van der Waals surface area (Å²) >= 11 is 0. The summed E-state index contributed by atoms with van der Waals surface area (Å²) in [6, 6.07) is 12.7. The number of hydrogen-bond acceptors (Lipinski definition) is 3. The fourth-order valence-corrected chi connectivity index (χ4v) is 4.58. The Kier molecular flexibility index (Phi) is 7.44. The van der Waals surface area contributed by atoms with Crippen molar-refractivity contribution < 1.29 is 19.2 Å². The molecule has 3 rings (SSSR count). The Bertz CT molecular complexity index is 913. The van der Waals surface area contributed by atoms with E-state index in [1.165, 1.54) is 27.2 Å². The fraction of sp³-hybridized carbons (Fsp3) is 0.480. The highest BCUT2D eigenvalue weighted by Crippen LogP contribution is 2.35. The number of urea groups is 1. The number of hydrogen-bond donors (Lipinski definition) is 3. The van der Waals surface area contributed by atoms with Gasteiger partial charge in [0.25, 0.3) is 0 Å². The van der Waals surface area contributed by atoms with Crippen LogP contribution in [0.15, 0.2) is 36.4 Å². The molecule has 3 N–H and O–H groups in total. The third-order valence-electron chi connectivity index (χ3n) is 6.09. The van der Waals surface area contributed by atoms with Gasteiger partial charge in [-0.25, -0.2) is 4.79 Å². The Morgan fingerprint density at radius 1 is 1.10 bits per heavy atom. The average Bonchev–Trinajstić information content (AvgIpc) is 2.73. The van der Waals surface area contributed by atoms with E-state index in [9.17, 15) is 4.79 Å². The second-order valence-electron chi connectivity index (χ2n) is 8.71. The first kappa shape index (κ1) is 22.9. The van der Waals surface area contributed by atoms with Gasteiger partial charge in [-0.2, -0.15) is 0 Å². The van der Waals surface area contributed by atoms with E-state index < -0.39 is 0 Å². The van der Waals surface area contributed by atoms with Gasteiger partial charge in [-0.15, -0.1) is 0 Å². The number of aryl methyl sites for hydroxylation is 1. The van der Waals surface area contributed by atoms with Gasteiger partial charge in [0.05, 0.1) is 26.8 Å². The van der Waals surface area contributed by atoms with Gasteiger partial charge in [-0.05, 0) is 51.0 Å². The number of carbonyl (C=O) groups is 1. The molecule has 31 heavy (non-hydrogen) atoms. The van der Waals surface area contributed by atoms with Crippen LogP contribution in [0, 0.1) is 6.92 Å². The van der Waals surface area contributed by atoms with E-state index in [0.29, 0.717) is 0 Å². The van der Waals surface area contributed by atoms with Crippen molar-refractivity contribution in [1.82, 2.24) is 10.6 Å². The van der Waals surface area contributed by atoms with Gasteiger partial charge >= 0.3 is 6.03 Å². The lowest BCUT2D eigenvalue weighted by molar-refractivity contribution is -0.948. The SMILES string of the molecule is COc1cc2c(cc1OC)[C@H]([C@@H](C)NC(=O)NC(C)C)[NH+](Cc1ccccc1C)CC2. The van der Waals surface area contributed by atoms with E-state index in [1.807, 2.05) is 13.8 Å². The van der Waals surface area contributed by atoms with Crippen molar-refractivity contribution in [2.24, 2.45) is 0 Å². The highest BCUT2D eigenvalue weighted by Gasteiger charge is 2.37. The highest BCUT2D eigenvalue weighted by atomic mass is 16.5. The fourth-order valence-electron chi connectivity index (χ4n) is 4.58. The molecular weight excluding hydrogens is 390 g/mol. The molecule has 0 radical (unpaired) electrons. The van der Waals surface area contributed by atoms with Crippen molar-refractivity contribution in [3.05, 3.63) is 58.7 Å². The van der Waals surface area contributed by atoms with E-state index in [2.05, 4.69) is 60.9 Å². The van der Waals surface area contributed by atoms with Crippen LogP contribution >= 0.6 is 0 Å². The summed E-state index contributed by atoms with van der Waals surface area (Å²) in [5.74, 6) is 1.47. The van der Waals surface area contributed by atoms with E-state index in [4.69, 9.17) is 9.47 Å². The second kappa shape index (κ2) is 10.1. The van der Waals surface area contributed by atoms with E-state index in [0.717, 1.165) is 31.0 Å². The highest BCUT2D eigenvalue weighted by molar-refractivity contribution is 5.74. The van der Waals surface area contributed by atoms with Gasteiger partial charge in [0.1, 0.15) is 12.6 Å². The number of amides is 2. The van der Waals surface area contributed by atoms with Crippen molar-refractivity contribution in [3.8, 4) is 11.5 Å². The number of fused-ring (bicyclic) bond motifs is 1. The van der Waals surface area contributed by atoms with Gasteiger partial charge in [0.15, 0.2) is 11.5 Å². The smallest absolute Gasteiger partial charge is 0.315 e. The first-order valence-electron chi connectivity index (χ1n) is 11.0. The summed E-state index contributed by atoms with van der Waals surface area (Å²) in [5, 5.41) is 6.12. The van der Waals surface area contributed by atoms with Gasteiger partial charge < -0.3 is 25.0 Å². The maximum absolute atomic E-state index is 12.5. The minimum Gasteiger partial charge on any atom is -0.493 e. The molecule has 1 aliphatic rings. The van der Waals surface area contributed by atoms with Crippen LogP contribution in [-0.4, -0.2) is 38.9 Å². The van der Waals surface area contributed by atoms with Gasteiger partial charge in [0.2, 0.25) is 0 Å². The number of methoxy groups -OCH3 is 2. The topological polar surface area (TPSA) is 64.0 Å². The third-order valence-corrected chi connectivity index (χ3v) is 6.09. The molecule has 0 saturated carbocycles. The summed E-state index contributed by atoms with van der Waals surface area (Å²) in [5.41, 5.74) is 5.11. The second-order valence-corrected chi connectivity index (χ2v) is 8.71. The Labute approximate surface area is 185 Å². The first-order valence-corrected chi connectivity index (χ1v) is 11.0. The molecule has 1 unspecified atom stereocenters. The van der Waals surface area contributed by atoms with Gasteiger partial charge in [-0.3, -0.25) is 0 Å². The van der Waals surface area contributed by atoms with Crippen LogP contribution in [0.25, 0.3) is 0 Å². The molecule has 0 spiro atoms. The van der Waals surface area contributed by atoms with Crippen LogP contribution in [0.5, 0.6) is 11.5 Å². The predicted octanol–water partition coefficient (Wildman–Crippen LogP) is 2.79. The van der Waals surface area contributed by atoms with Crippen LogP contribution in [0.1, 0.15) is 49.1 Å². The van der Waals surface area contributed by atoms with Crippen molar-refractivity contribution >= 4 is 6.03 Å². The van der Waals surface area contributed by atoms with Gasteiger partial charge in [-0.1, -0.05) is 24.3 Å². The van der Waals surface area contributed by atoms with E-state index >= 15 is 0 Å². The molecule has 168 valence electrons. The van der Waals surface area contributed by atoms with E-state index in [-0.39, 0.29) is 24.2 Å². The van der Waals surface area contributed by atoms with Crippen molar-refractivity contribution in [2.75, 3.05) is 20.8 Å². The maximum Gasteiger partial charge on any atom is 0.315 e. The lowest BCUT2D eigenvalue weighted by Gasteiger charge is -2.38. The third kappa shape index (κ3) is 5.31. The minimum absolute atomic E-state index is 0.0603. The molecule has 0 aromatic heterocycles. The summed E-state index contributed by atoms with van der Waals surface area (Å²) in [4.78, 5) is 13.9. The molecule has 2 aromatic rings. The average molecular weight is 427 g/mol. The molecule has 1 heterocycles. The zero-order valence-electron chi connectivity index (χ0n) is 19.5. The van der Waals surface area contributed by atoms with Crippen LogP contribution in [0.4, 0.5) is 4.79 Å². The molecule has 2 amide bonds. The number of quaternary nitrogens is 1. The molecule has 6 heteroatoms. The summed E-state index contributed by atoms with van der Waals surface area (Å²) in [6.45, 7) is 10.1. The first-order chi connectivity index (χ1) is 14.8. The van der Waals surface area contributed by atoms with Crippen LogP contribution < -0.4 is 25.0 Å². The standard InChI is InChI=1S/C25H35N3O3/c1-16(2)26-25(29)27-18(4)24-21-14-23(31-6)22(30-5)13-19(21)11-12-28(24)15-20-10-8-7-9-17(20)3/h7-10,13-14,16,18,24H,11-12,15H2,1-6H3,(H2,26,27,29)/p+1/t18-,24+/m1/s1. The lowest BCUT2D eigenvalue weighted by atomic mass is 9.87. The molecular formula is C25H36N3O3+. The molecule has 0 aliphatic carbocycles. The Morgan fingerprint density at radius 2 is 1.77 bits per heavy atom. The van der Waals surface area contributed by atoms with Crippen LogP contribution in [0.2, 0.25) is 0 Å². The predicted molar refractivity (Wildman–Crippen MR) is 123 cm³/mol. The molecule has 6 nitrogen and oxygen atoms in total. The monoisotopic (exact) mass is 426 g/mol. The summed E-state index contributed by atoms with van der Waals surface area (Å²) in [6.07, 6.45) is 0.957.